The normalized spacial score (nSPS) is 12.6. The van der Waals surface area contributed by atoms with Crippen molar-refractivity contribution in [3.63, 3.8) is 0 Å². The summed E-state index contributed by atoms with van der Waals surface area (Å²) in [6.07, 6.45) is 0. The molecule has 0 saturated carbocycles. The van der Waals surface area contributed by atoms with Crippen molar-refractivity contribution in [1.82, 2.24) is 4.98 Å². The second-order valence-electron chi connectivity index (χ2n) is 6.56. The third-order valence-electron chi connectivity index (χ3n) is 4.96. The van der Waals surface area contributed by atoms with Crippen molar-refractivity contribution < 1.29 is 4.74 Å². The van der Waals surface area contributed by atoms with Gasteiger partial charge in [-0.3, -0.25) is 4.79 Å². The molecule has 4 aromatic rings. The lowest BCUT2D eigenvalue weighted by molar-refractivity contribution is 0.417. The number of hydrogen-bond donors (Lipinski definition) is 2. The molecule has 0 aliphatic rings. The highest BCUT2D eigenvalue weighted by atomic mass is 35.5. The van der Waals surface area contributed by atoms with Gasteiger partial charge in [0, 0.05) is 22.4 Å². The first-order chi connectivity index (χ1) is 13.0. The molecule has 2 aromatic heterocycles. The Balaban J connectivity index is 2.08. The van der Waals surface area contributed by atoms with E-state index >= 15 is 0 Å². The SMILES string of the molecule is COc1cc(Cl)c2[nH]c(=O)c3sccc3c2c1-c1ccc([C@@H](C)CN)cc1. The second kappa shape index (κ2) is 7.00. The molecule has 3 N–H and O–H groups in total. The number of ether oxygens (including phenoxy) is 1. The fourth-order valence-electron chi connectivity index (χ4n) is 3.43. The van der Waals surface area contributed by atoms with Crippen molar-refractivity contribution in [2.45, 2.75) is 12.8 Å². The van der Waals surface area contributed by atoms with Crippen molar-refractivity contribution in [3.8, 4) is 16.9 Å². The van der Waals surface area contributed by atoms with Gasteiger partial charge in [-0.1, -0.05) is 42.8 Å². The summed E-state index contributed by atoms with van der Waals surface area (Å²) in [5, 5.41) is 4.16. The van der Waals surface area contributed by atoms with Crippen molar-refractivity contribution in [1.29, 1.82) is 0 Å². The molecule has 6 heteroatoms. The lowest BCUT2D eigenvalue weighted by Gasteiger charge is -2.16. The van der Waals surface area contributed by atoms with Gasteiger partial charge < -0.3 is 15.5 Å². The Morgan fingerprint density at radius 3 is 2.67 bits per heavy atom. The molecule has 4 nitrogen and oxygen atoms in total. The van der Waals surface area contributed by atoms with E-state index in [1.807, 2.05) is 11.4 Å². The van der Waals surface area contributed by atoms with E-state index in [1.165, 1.54) is 16.9 Å². The quantitative estimate of drug-likeness (QED) is 0.500. The largest absolute Gasteiger partial charge is 0.496 e. The molecule has 138 valence electrons. The predicted octanol–water partition coefficient (Wildman–Crippen LogP) is 5.13. The van der Waals surface area contributed by atoms with E-state index in [-0.39, 0.29) is 5.56 Å². The lowest BCUT2D eigenvalue weighted by atomic mass is 9.94. The predicted molar refractivity (Wildman–Crippen MR) is 114 cm³/mol. The maximum Gasteiger partial charge on any atom is 0.266 e. The van der Waals surface area contributed by atoms with Gasteiger partial charge in [-0.2, -0.15) is 0 Å². The van der Waals surface area contributed by atoms with Crippen LogP contribution < -0.4 is 16.0 Å². The Bertz CT molecular complexity index is 1190. The minimum atomic E-state index is -0.127. The summed E-state index contributed by atoms with van der Waals surface area (Å²) in [5.41, 5.74) is 9.40. The zero-order valence-corrected chi connectivity index (χ0v) is 16.6. The highest BCUT2D eigenvalue weighted by Gasteiger charge is 2.19. The van der Waals surface area contributed by atoms with E-state index in [2.05, 4.69) is 36.2 Å². The molecular formula is C21H19ClN2O2S. The smallest absolute Gasteiger partial charge is 0.266 e. The van der Waals surface area contributed by atoms with Crippen LogP contribution in [0.1, 0.15) is 18.4 Å². The van der Waals surface area contributed by atoms with Gasteiger partial charge in [-0.25, -0.2) is 0 Å². The second-order valence-corrected chi connectivity index (χ2v) is 7.89. The highest BCUT2D eigenvalue weighted by Crippen LogP contribution is 2.43. The molecule has 1 atom stereocenters. The van der Waals surface area contributed by atoms with Crippen molar-refractivity contribution >= 4 is 43.9 Å². The van der Waals surface area contributed by atoms with Crippen LogP contribution in [0.5, 0.6) is 5.75 Å². The van der Waals surface area contributed by atoms with E-state index in [0.717, 1.165) is 21.9 Å². The Morgan fingerprint density at radius 2 is 2.00 bits per heavy atom. The number of H-pyrrole nitrogens is 1. The lowest BCUT2D eigenvalue weighted by Crippen LogP contribution is -2.08. The van der Waals surface area contributed by atoms with Gasteiger partial charge in [0.15, 0.2) is 0 Å². The molecule has 0 saturated heterocycles. The summed E-state index contributed by atoms with van der Waals surface area (Å²) in [7, 11) is 1.63. The maximum absolute atomic E-state index is 12.4. The minimum Gasteiger partial charge on any atom is -0.496 e. The van der Waals surface area contributed by atoms with Gasteiger partial charge in [0.1, 0.15) is 10.4 Å². The van der Waals surface area contributed by atoms with Crippen molar-refractivity contribution in [2.75, 3.05) is 13.7 Å². The van der Waals surface area contributed by atoms with Gasteiger partial charge in [0.05, 0.1) is 17.6 Å². The van der Waals surface area contributed by atoms with Crippen LogP contribution in [0.4, 0.5) is 0 Å². The average molecular weight is 399 g/mol. The molecule has 2 heterocycles. The molecule has 27 heavy (non-hydrogen) atoms. The summed E-state index contributed by atoms with van der Waals surface area (Å²) in [4.78, 5) is 15.4. The first kappa shape index (κ1) is 18.0. The third kappa shape index (κ3) is 2.92. The van der Waals surface area contributed by atoms with Crippen molar-refractivity contribution in [3.05, 3.63) is 62.7 Å². The summed E-state index contributed by atoms with van der Waals surface area (Å²) in [6.45, 7) is 2.70. The van der Waals surface area contributed by atoms with E-state index in [0.29, 0.717) is 33.5 Å². The number of thiophene rings is 1. The fraction of sp³-hybridized carbons (Fsp3) is 0.190. The van der Waals surface area contributed by atoms with Gasteiger partial charge >= 0.3 is 0 Å². The zero-order valence-electron chi connectivity index (χ0n) is 15.0. The van der Waals surface area contributed by atoms with E-state index < -0.39 is 0 Å². The molecular weight excluding hydrogens is 380 g/mol. The molecule has 4 rings (SSSR count). The molecule has 0 bridgehead atoms. The average Bonchev–Trinajstić information content (AvgIpc) is 3.18. The number of halogens is 1. The molecule has 0 radical (unpaired) electrons. The standard InChI is InChI=1S/C21H19ClN2O2S/c1-11(10-23)12-3-5-13(6-4-12)17-16(26-2)9-15(22)19-18(17)14-7-8-27-20(14)21(25)24-19/h3-9,11H,10,23H2,1-2H3,(H,24,25)/t11-/m0/s1. The maximum atomic E-state index is 12.4. The Morgan fingerprint density at radius 1 is 1.26 bits per heavy atom. The summed E-state index contributed by atoms with van der Waals surface area (Å²) < 4.78 is 6.33. The van der Waals surface area contributed by atoms with Gasteiger partial charge in [-0.05, 0) is 35.0 Å². The minimum absolute atomic E-state index is 0.127. The number of hydrogen-bond acceptors (Lipinski definition) is 4. The van der Waals surface area contributed by atoms with Crippen LogP contribution >= 0.6 is 22.9 Å². The van der Waals surface area contributed by atoms with E-state index in [1.54, 1.807) is 13.2 Å². The van der Waals surface area contributed by atoms with Crippen LogP contribution in [-0.2, 0) is 0 Å². The monoisotopic (exact) mass is 398 g/mol. The molecule has 0 aliphatic heterocycles. The van der Waals surface area contributed by atoms with Crippen LogP contribution in [-0.4, -0.2) is 18.6 Å². The van der Waals surface area contributed by atoms with Crippen LogP contribution in [0, 0.1) is 0 Å². The topological polar surface area (TPSA) is 68.1 Å². The summed E-state index contributed by atoms with van der Waals surface area (Å²) >= 11 is 7.88. The van der Waals surface area contributed by atoms with Gasteiger partial charge in [0.25, 0.3) is 5.56 Å². The van der Waals surface area contributed by atoms with E-state index in [9.17, 15) is 4.79 Å². The number of aromatic nitrogens is 1. The summed E-state index contributed by atoms with van der Waals surface area (Å²) in [5.74, 6) is 0.967. The molecule has 0 aliphatic carbocycles. The third-order valence-corrected chi connectivity index (χ3v) is 6.18. The number of nitrogens with one attached hydrogen (secondary N) is 1. The summed E-state index contributed by atoms with van der Waals surface area (Å²) in [6, 6.07) is 12.0. The van der Waals surface area contributed by atoms with Crippen LogP contribution in [0.25, 0.3) is 32.1 Å². The highest BCUT2D eigenvalue weighted by molar-refractivity contribution is 7.17. The van der Waals surface area contributed by atoms with Crippen molar-refractivity contribution in [2.24, 2.45) is 5.73 Å². The van der Waals surface area contributed by atoms with Gasteiger partial charge in [0.2, 0.25) is 0 Å². The van der Waals surface area contributed by atoms with E-state index in [4.69, 9.17) is 22.1 Å². The molecule has 2 aromatic carbocycles. The zero-order chi connectivity index (χ0) is 19.1. The molecule has 0 fully saturated rings. The number of aromatic amines is 1. The Labute approximate surface area is 165 Å². The van der Waals surface area contributed by atoms with Crippen LogP contribution in [0.3, 0.4) is 0 Å². The number of nitrogens with two attached hydrogens (primary N) is 1. The first-order valence-electron chi connectivity index (χ1n) is 8.65. The number of fused-ring (bicyclic) bond motifs is 3. The molecule has 0 spiro atoms. The Kier molecular flexibility index (Phi) is 4.68. The van der Waals surface area contributed by atoms with Crippen LogP contribution in [0.15, 0.2) is 46.6 Å². The van der Waals surface area contributed by atoms with Crippen LogP contribution in [0.2, 0.25) is 5.02 Å². The fourth-order valence-corrected chi connectivity index (χ4v) is 4.47. The number of benzene rings is 2. The molecule has 0 unspecified atom stereocenters. The van der Waals surface area contributed by atoms with Gasteiger partial charge in [-0.15, -0.1) is 11.3 Å². The number of methoxy groups -OCH3 is 1. The first-order valence-corrected chi connectivity index (χ1v) is 9.91. The molecule has 0 amide bonds. The number of rotatable bonds is 4. The Hall–Kier alpha value is -2.34. The number of pyridine rings is 1.